The molecule has 0 aromatic heterocycles. The van der Waals surface area contributed by atoms with Crippen LogP contribution in [0.2, 0.25) is 0 Å². The molecule has 0 amide bonds. The zero-order valence-corrected chi connectivity index (χ0v) is 11.5. The maximum atomic E-state index is 11.9. The van der Waals surface area contributed by atoms with Gasteiger partial charge < -0.3 is 10.1 Å². The van der Waals surface area contributed by atoms with E-state index in [0.29, 0.717) is 16.8 Å². The summed E-state index contributed by atoms with van der Waals surface area (Å²) in [5.41, 5.74) is 0.517. The summed E-state index contributed by atoms with van der Waals surface area (Å²) in [6.07, 6.45) is 1.75. The van der Waals surface area contributed by atoms with Crippen LogP contribution in [0.1, 0.15) is 38.1 Å². The summed E-state index contributed by atoms with van der Waals surface area (Å²) in [4.78, 5) is 11.9. The molecule has 1 aromatic carbocycles. The Morgan fingerprint density at radius 3 is 2.56 bits per heavy atom. The van der Waals surface area contributed by atoms with Crippen molar-refractivity contribution in [1.29, 1.82) is 0 Å². The Morgan fingerprint density at radius 2 is 2.00 bits per heavy atom. The molecule has 3 nitrogen and oxygen atoms in total. The number of nitrogens with one attached hydrogen (secondary N) is 1. The molecule has 1 N–H and O–H groups in total. The van der Waals surface area contributed by atoms with E-state index in [1.54, 1.807) is 6.07 Å². The average Bonchev–Trinajstić information content (AvgIpc) is 2.26. The summed E-state index contributed by atoms with van der Waals surface area (Å²) in [5, 5.41) is 4.79. The van der Waals surface area contributed by atoms with Crippen molar-refractivity contribution < 1.29 is 9.53 Å². The van der Waals surface area contributed by atoms with Crippen molar-refractivity contribution in [3.05, 3.63) is 34.2 Å². The largest absolute Gasteiger partial charge is 0.459 e. The molecule has 0 fully saturated rings. The van der Waals surface area contributed by atoms with E-state index in [-0.39, 0.29) is 12.1 Å². The van der Waals surface area contributed by atoms with Crippen LogP contribution < -0.4 is 15.8 Å². The second-order valence-electron chi connectivity index (χ2n) is 4.79. The Balaban J connectivity index is 3.10. The maximum Gasteiger partial charge on any atom is 0.338 e. The molecule has 0 radical (unpaired) electrons. The second kappa shape index (κ2) is 6.24. The minimum Gasteiger partial charge on any atom is -0.459 e. The fourth-order valence-electron chi connectivity index (χ4n) is 1.47. The lowest BCUT2D eigenvalue weighted by molar-refractivity contribution is 0.0376. The molecule has 0 bridgehead atoms. The minimum absolute atomic E-state index is 0.127. The highest BCUT2D eigenvalue weighted by atomic mass is 16.5. The molecule has 0 heterocycles. The van der Waals surface area contributed by atoms with E-state index in [9.17, 15) is 4.79 Å². The third-order valence-corrected chi connectivity index (χ3v) is 2.35. The van der Waals surface area contributed by atoms with Gasteiger partial charge in [0, 0.05) is 12.2 Å². The zero-order chi connectivity index (χ0) is 13.7. The molecule has 1 aromatic rings. The van der Waals surface area contributed by atoms with Gasteiger partial charge in [0.2, 0.25) is 0 Å². The zero-order valence-electron chi connectivity index (χ0n) is 11.5. The molecule has 0 saturated carbocycles. The summed E-state index contributed by atoms with van der Waals surface area (Å²) in [6.45, 7) is 11.7. The monoisotopic (exact) mass is 247 g/mol. The van der Waals surface area contributed by atoms with Crippen LogP contribution in [0.4, 0.5) is 0 Å². The van der Waals surface area contributed by atoms with Crippen molar-refractivity contribution in [2.45, 2.75) is 39.8 Å². The number of benzene rings is 1. The predicted octanol–water partition coefficient (Wildman–Crippen LogP) is 1.40. The number of carbonyl (C=O) groups is 1. The van der Waals surface area contributed by atoms with Crippen molar-refractivity contribution >= 4 is 18.7 Å². The van der Waals surface area contributed by atoms with E-state index < -0.39 is 0 Å². The Hall–Kier alpha value is -1.77. The van der Waals surface area contributed by atoms with Crippen molar-refractivity contribution in [1.82, 2.24) is 5.32 Å². The number of rotatable bonds is 4. The molecule has 0 unspecified atom stereocenters. The van der Waals surface area contributed by atoms with Gasteiger partial charge in [0.25, 0.3) is 0 Å². The highest BCUT2D eigenvalue weighted by Crippen LogP contribution is 1.97. The van der Waals surface area contributed by atoms with E-state index in [4.69, 9.17) is 4.74 Å². The van der Waals surface area contributed by atoms with Crippen molar-refractivity contribution in [2.75, 3.05) is 0 Å². The van der Waals surface area contributed by atoms with Gasteiger partial charge in [-0.25, -0.2) is 4.79 Å². The fraction of sp³-hybridized carbons (Fsp3) is 0.400. The molecule has 0 saturated heterocycles. The standard InChI is InChI=1S/C15H21NO2/c1-10(2)16-9-13-7-6-8-14(12(13)5)15(17)18-11(3)4/h6-11,16H,5H2,1-4H3/b13-9-. The number of ether oxygens (including phenoxy) is 1. The van der Waals surface area contributed by atoms with Crippen LogP contribution >= 0.6 is 0 Å². The van der Waals surface area contributed by atoms with Crippen molar-refractivity contribution in [2.24, 2.45) is 0 Å². The normalized spacial score (nSPS) is 12.0. The Bertz CT molecular complexity index is 518. The minimum atomic E-state index is -0.324. The number of esters is 1. The molecule has 18 heavy (non-hydrogen) atoms. The van der Waals surface area contributed by atoms with Crippen molar-refractivity contribution in [3.63, 3.8) is 0 Å². The molecule has 0 atom stereocenters. The Kier molecular flexibility index (Phi) is 4.95. The van der Waals surface area contributed by atoms with Crippen LogP contribution in [0, 0.1) is 0 Å². The van der Waals surface area contributed by atoms with Gasteiger partial charge in [0.15, 0.2) is 0 Å². The first kappa shape index (κ1) is 14.3. The first-order valence-electron chi connectivity index (χ1n) is 6.17. The highest BCUT2D eigenvalue weighted by Gasteiger charge is 2.09. The van der Waals surface area contributed by atoms with Crippen LogP contribution in [-0.2, 0) is 4.74 Å². The van der Waals surface area contributed by atoms with E-state index in [1.165, 1.54) is 0 Å². The molecule has 98 valence electrons. The van der Waals surface area contributed by atoms with Gasteiger partial charge in [-0.15, -0.1) is 0 Å². The third-order valence-electron chi connectivity index (χ3n) is 2.35. The first-order valence-corrected chi connectivity index (χ1v) is 6.17. The highest BCUT2D eigenvalue weighted by molar-refractivity contribution is 5.89. The SMILES string of the molecule is C=c1c(C(=O)OC(C)C)ccc/c1=C/NC(C)C. The van der Waals surface area contributed by atoms with Gasteiger partial charge in [-0.05, 0) is 44.2 Å². The number of carbonyl (C=O) groups excluding carboxylic acids is 1. The van der Waals surface area contributed by atoms with E-state index in [2.05, 4.69) is 25.7 Å². The summed E-state index contributed by atoms with van der Waals surface area (Å²) in [6, 6.07) is 5.83. The van der Waals surface area contributed by atoms with Crippen LogP contribution in [0.15, 0.2) is 18.2 Å². The molecule has 0 aliphatic rings. The molecule has 1 rings (SSSR count). The average molecular weight is 247 g/mol. The van der Waals surface area contributed by atoms with E-state index in [0.717, 1.165) is 5.22 Å². The lowest BCUT2D eigenvalue weighted by Gasteiger charge is -2.08. The maximum absolute atomic E-state index is 11.9. The Labute approximate surface area is 108 Å². The predicted molar refractivity (Wildman–Crippen MR) is 74.5 cm³/mol. The van der Waals surface area contributed by atoms with Gasteiger partial charge >= 0.3 is 5.97 Å². The lowest BCUT2D eigenvalue weighted by Crippen LogP contribution is -2.33. The lowest BCUT2D eigenvalue weighted by atomic mass is 10.1. The topological polar surface area (TPSA) is 38.3 Å². The summed E-state index contributed by atoms with van der Waals surface area (Å²) < 4.78 is 5.18. The summed E-state index contributed by atoms with van der Waals surface area (Å²) in [7, 11) is 0. The summed E-state index contributed by atoms with van der Waals surface area (Å²) in [5.74, 6) is -0.324. The molecule has 0 spiro atoms. The summed E-state index contributed by atoms with van der Waals surface area (Å²) >= 11 is 0. The molecular formula is C15H21NO2. The number of hydrogen-bond donors (Lipinski definition) is 1. The molecular weight excluding hydrogens is 226 g/mol. The Morgan fingerprint density at radius 1 is 1.33 bits per heavy atom. The quantitative estimate of drug-likeness (QED) is 0.817. The van der Waals surface area contributed by atoms with Gasteiger partial charge in [0.1, 0.15) is 0 Å². The third kappa shape index (κ3) is 3.91. The molecule has 3 heteroatoms. The van der Waals surface area contributed by atoms with E-state index >= 15 is 0 Å². The van der Waals surface area contributed by atoms with Gasteiger partial charge in [-0.2, -0.15) is 0 Å². The van der Waals surface area contributed by atoms with Crippen LogP contribution in [0.25, 0.3) is 12.8 Å². The van der Waals surface area contributed by atoms with Crippen LogP contribution in [0.3, 0.4) is 0 Å². The molecule has 0 aliphatic heterocycles. The van der Waals surface area contributed by atoms with Gasteiger partial charge in [0.05, 0.1) is 11.7 Å². The fourth-order valence-corrected chi connectivity index (χ4v) is 1.47. The molecule has 0 aliphatic carbocycles. The second-order valence-corrected chi connectivity index (χ2v) is 4.79. The van der Waals surface area contributed by atoms with Gasteiger partial charge in [-0.1, -0.05) is 18.7 Å². The van der Waals surface area contributed by atoms with Crippen molar-refractivity contribution in [3.8, 4) is 0 Å². The smallest absolute Gasteiger partial charge is 0.338 e. The van der Waals surface area contributed by atoms with E-state index in [1.807, 2.05) is 32.2 Å². The van der Waals surface area contributed by atoms with Gasteiger partial charge in [-0.3, -0.25) is 0 Å². The number of hydrogen-bond acceptors (Lipinski definition) is 3. The van der Waals surface area contributed by atoms with Crippen LogP contribution in [-0.4, -0.2) is 18.1 Å². The first-order chi connectivity index (χ1) is 8.41. The van der Waals surface area contributed by atoms with Crippen LogP contribution in [0.5, 0.6) is 0 Å².